The molecular formula is C20H28N4. The van der Waals surface area contributed by atoms with Crippen LogP contribution in [0.15, 0.2) is 24.5 Å². The molecule has 0 bridgehead atoms. The molecule has 0 fully saturated rings. The third-order valence-electron chi connectivity index (χ3n) is 5.03. The summed E-state index contributed by atoms with van der Waals surface area (Å²) in [7, 11) is 2.19. The van der Waals surface area contributed by atoms with Crippen molar-refractivity contribution in [3.05, 3.63) is 35.7 Å². The molecule has 0 amide bonds. The fourth-order valence-corrected chi connectivity index (χ4v) is 3.71. The lowest BCUT2D eigenvalue weighted by molar-refractivity contribution is 0.513. The summed E-state index contributed by atoms with van der Waals surface area (Å²) in [5, 5.41) is 0. The lowest BCUT2D eigenvalue weighted by Gasteiger charge is -2.36. The van der Waals surface area contributed by atoms with Crippen LogP contribution in [0.25, 0.3) is 11.3 Å². The predicted octanol–water partition coefficient (Wildman–Crippen LogP) is 4.04. The van der Waals surface area contributed by atoms with E-state index in [9.17, 15) is 0 Å². The average Bonchev–Trinajstić information content (AvgIpc) is 2.51. The van der Waals surface area contributed by atoms with E-state index >= 15 is 0 Å². The molecule has 1 aromatic carbocycles. The summed E-state index contributed by atoms with van der Waals surface area (Å²) in [6.45, 7) is 10.1. The van der Waals surface area contributed by atoms with Crippen molar-refractivity contribution in [2.24, 2.45) is 5.92 Å². The van der Waals surface area contributed by atoms with Gasteiger partial charge in [0.1, 0.15) is 12.1 Å². The van der Waals surface area contributed by atoms with Gasteiger partial charge in [-0.3, -0.25) is 0 Å². The van der Waals surface area contributed by atoms with Crippen molar-refractivity contribution in [3.8, 4) is 11.3 Å². The number of aromatic nitrogens is 2. The Bertz CT molecular complexity index is 749. The fourth-order valence-electron chi connectivity index (χ4n) is 3.71. The van der Waals surface area contributed by atoms with E-state index < -0.39 is 0 Å². The van der Waals surface area contributed by atoms with Crippen LogP contribution in [0.4, 0.5) is 11.5 Å². The number of rotatable bonds is 4. The molecule has 1 aliphatic rings. The third kappa shape index (κ3) is 2.85. The van der Waals surface area contributed by atoms with Gasteiger partial charge in [-0.1, -0.05) is 39.8 Å². The molecule has 0 atom stereocenters. The van der Waals surface area contributed by atoms with Gasteiger partial charge >= 0.3 is 0 Å². The maximum atomic E-state index is 6.19. The summed E-state index contributed by atoms with van der Waals surface area (Å²) < 4.78 is 0. The van der Waals surface area contributed by atoms with Crippen LogP contribution in [0, 0.1) is 5.92 Å². The maximum Gasteiger partial charge on any atom is 0.131 e. The first-order chi connectivity index (χ1) is 11.3. The monoisotopic (exact) mass is 324 g/mol. The van der Waals surface area contributed by atoms with Gasteiger partial charge in [0.2, 0.25) is 0 Å². The second-order valence-electron chi connectivity index (χ2n) is 7.95. The Kier molecular flexibility index (Phi) is 4.24. The molecule has 0 saturated carbocycles. The van der Waals surface area contributed by atoms with Crippen molar-refractivity contribution < 1.29 is 0 Å². The normalized spacial score (nSPS) is 15.1. The van der Waals surface area contributed by atoms with E-state index in [-0.39, 0.29) is 5.41 Å². The average molecular weight is 324 g/mol. The molecule has 0 aliphatic heterocycles. The summed E-state index contributed by atoms with van der Waals surface area (Å²) in [5.41, 5.74) is 12.1. The van der Waals surface area contributed by atoms with Crippen LogP contribution in [0.1, 0.15) is 45.2 Å². The summed E-state index contributed by atoms with van der Waals surface area (Å²) in [6, 6.07) is 6.51. The van der Waals surface area contributed by atoms with Gasteiger partial charge in [-0.2, -0.15) is 0 Å². The molecule has 4 nitrogen and oxygen atoms in total. The van der Waals surface area contributed by atoms with Crippen molar-refractivity contribution in [2.45, 2.75) is 46.0 Å². The van der Waals surface area contributed by atoms with Crippen molar-refractivity contribution >= 4 is 11.5 Å². The topological polar surface area (TPSA) is 55.0 Å². The smallest absolute Gasteiger partial charge is 0.131 e. The van der Waals surface area contributed by atoms with Gasteiger partial charge in [-0.15, -0.1) is 0 Å². The number of nitrogen functional groups attached to an aromatic ring is 1. The van der Waals surface area contributed by atoms with Crippen molar-refractivity contribution in [1.82, 2.24) is 9.97 Å². The Morgan fingerprint density at radius 2 is 2.00 bits per heavy atom. The minimum absolute atomic E-state index is 0.0668. The quantitative estimate of drug-likeness (QED) is 0.922. The second kappa shape index (κ2) is 6.08. The zero-order chi connectivity index (χ0) is 17.5. The largest absolute Gasteiger partial charge is 0.383 e. The number of benzene rings is 1. The van der Waals surface area contributed by atoms with Crippen LogP contribution in [-0.2, 0) is 11.8 Å². The molecule has 1 heterocycles. The molecule has 128 valence electrons. The summed E-state index contributed by atoms with van der Waals surface area (Å²) >= 11 is 0. The highest BCUT2D eigenvalue weighted by atomic mass is 15.1. The van der Waals surface area contributed by atoms with Crippen LogP contribution >= 0.6 is 0 Å². The summed E-state index contributed by atoms with van der Waals surface area (Å²) in [5.74, 6) is 1.31. The zero-order valence-electron chi connectivity index (χ0n) is 15.4. The first kappa shape index (κ1) is 16.7. The van der Waals surface area contributed by atoms with Crippen LogP contribution in [0.3, 0.4) is 0 Å². The van der Waals surface area contributed by atoms with E-state index in [4.69, 9.17) is 5.73 Å². The van der Waals surface area contributed by atoms with Crippen molar-refractivity contribution in [3.63, 3.8) is 0 Å². The number of nitrogens with zero attached hydrogens (tertiary/aromatic N) is 3. The van der Waals surface area contributed by atoms with Gasteiger partial charge in [0.05, 0.1) is 5.69 Å². The standard InChI is InChI=1S/C20H28N4/c1-13(2)9-10-24(5)16-8-6-7-14-15(16)11-20(3,4)17-18(14)22-12-23-19(17)21/h6-8,12-13H,9-11H2,1-5H3,(H2,21,22,23). The van der Waals surface area contributed by atoms with E-state index in [1.165, 1.54) is 23.2 Å². The van der Waals surface area contributed by atoms with Crippen LogP contribution in [0.2, 0.25) is 0 Å². The molecule has 1 aliphatic carbocycles. The third-order valence-corrected chi connectivity index (χ3v) is 5.03. The van der Waals surface area contributed by atoms with E-state index in [1.807, 2.05) is 0 Å². The summed E-state index contributed by atoms with van der Waals surface area (Å²) in [4.78, 5) is 11.2. The van der Waals surface area contributed by atoms with E-state index in [0.29, 0.717) is 11.7 Å². The first-order valence-electron chi connectivity index (χ1n) is 8.75. The van der Waals surface area contributed by atoms with Crippen LogP contribution < -0.4 is 10.6 Å². The molecule has 0 unspecified atom stereocenters. The van der Waals surface area contributed by atoms with Gasteiger partial charge in [0.25, 0.3) is 0 Å². The highest BCUT2D eigenvalue weighted by Crippen LogP contribution is 2.46. The van der Waals surface area contributed by atoms with E-state index in [0.717, 1.165) is 24.2 Å². The van der Waals surface area contributed by atoms with Crippen molar-refractivity contribution in [2.75, 3.05) is 24.2 Å². The minimum Gasteiger partial charge on any atom is -0.383 e. The lowest BCUT2D eigenvalue weighted by atomic mass is 9.71. The molecule has 0 radical (unpaired) electrons. The van der Waals surface area contributed by atoms with Gasteiger partial charge in [0, 0.05) is 30.4 Å². The van der Waals surface area contributed by atoms with E-state index in [1.54, 1.807) is 6.33 Å². The molecule has 1 aromatic heterocycles. The SMILES string of the molecule is CC(C)CCN(C)c1cccc2c1CC(C)(C)c1c(N)ncnc1-2. The number of anilines is 2. The van der Waals surface area contributed by atoms with Gasteiger partial charge in [-0.25, -0.2) is 9.97 Å². The number of nitrogens with two attached hydrogens (primary N) is 1. The fraction of sp³-hybridized carbons (Fsp3) is 0.500. The Morgan fingerprint density at radius 3 is 2.71 bits per heavy atom. The van der Waals surface area contributed by atoms with Gasteiger partial charge < -0.3 is 10.6 Å². The Labute approximate surface area is 145 Å². The Hall–Kier alpha value is -2.10. The Balaban J connectivity index is 2.10. The highest BCUT2D eigenvalue weighted by molar-refractivity contribution is 5.80. The second-order valence-corrected chi connectivity index (χ2v) is 7.95. The highest BCUT2D eigenvalue weighted by Gasteiger charge is 2.35. The van der Waals surface area contributed by atoms with Gasteiger partial charge in [0.15, 0.2) is 0 Å². The van der Waals surface area contributed by atoms with Crippen LogP contribution in [0.5, 0.6) is 0 Å². The molecule has 2 N–H and O–H groups in total. The maximum absolute atomic E-state index is 6.19. The van der Waals surface area contributed by atoms with Gasteiger partial charge in [-0.05, 0) is 35.8 Å². The number of hydrogen-bond donors (Lipinski definition) is 1. The molecule has 24 heavy (non-hydrogen) atoms. The first-order valence-corrected chi connectivity index (χ1v) is 8.75. The minimum atomic E-state index is -0.0668. The number of fused-ring (bicyclic) bond motifs is 3. The predicted molar refractivity (Wildman–Crippen MR) is 101 cm³/mol. The lowest BCUT2D eigenvalue weighted by Crippen LogP contribution is -2.30. The Morgan fingerprint density at radius 1 is 1.25 bits per heavy atom. The molecule has 0 spiro atoms. The molecule has 0 saturated heterocycles. The molecule has 4 heteroatoms. The van der Waals surface area contributed by atoms with E-state index in [2.05, 4.69) is 67.8 Å². The molecule has 2 aromatic rings. The van der Waals surface area contributed by atoms with Crippen LogP contribution in [-0.4, -0.2) is 23.6 Å². The summed E-state index contributed by atoms with van der Waals surface area (Å²) in [6.07, 6.45) is 3.72. The molecule has 3 rings (SSSR count). The zero-order valence-corrected chi connectivity index (χ0v) is 15.4. The van der Waals surface area contributed by atoms with Crippen molar-refractivity contribution in [1.29, 1.82) is 0 Å². The molecular weight excluding hydrogens is 296 g/mol. The number of hydrogen-bond acceptors (Lipinski definition) is 4.